The number of rotatable bonds is 3. The Morgan fingerprint density at radius 3 is 2.86 bits per heavy atom. The predicted molar refractivity (Wildman–Crippen MR) is 61.2 cm³/mol. The number of hydrogen-bond acceptors (Lipinski definition) is 2. The summed E-state index contributed by atoms with van der Waals surface area (Å²) in [4.78, 5) is 2.42. The SMILES string of the molecule is C#CC(C)N1CCC(NCC)CC1C. The van der Waals surface area contributed by atoms with Crippen LogP contribution in [0.1, 0.15) is 33.6 Å². The van der Waals surface area contributed by atoms with Gasteiger partial charge in [0.2, 0.25) is 0 Å². The molecule has 0 aromatic heterocycles. The van der Waals surface area contributed by atoms with Crippen LogP contribution in [0.2, 0.25) is 0 Å². The quantitative estimate of drug-likeness (QED) is 0.684. The second kappa shape index (κ2) is 5.38. The number of piperidine rings is 1. The van der Waals surface area contributed by atoms with Crippen molar-refractivity contribution in [2.24, 2.45) is 0 Å². The van der Waals surface area contributed by atoms with Crippen LogP contribution in [0.15, 0.2) is 0 Å². The lowest BCUT2D eigenvalue weighted by Crippen LogP contribution is -2.50. The molecule has 1 saturated heterocycles. The topological polar surface area (TPSA) is 15.3 Å². The molecular formula is C12H22N2. The zero-order valence-corrected chi connectivity index (χ0v) is 9.59. The zero-order chi connectivity index (χ0) is 10.6. The minimum absolute atomic E-state index is 0.285. The van der Waals surface area contributed by atoms with E-state index in [1.165, 1.54) is 12.8 Å². The second-order valence-electron chi connectivity index (χ2n) is 4.21. The summed E-state index contributed by atoms with van der Waals surface area (Å²) in [5, 5.41) is 3.51. The van der Waals surface area contributed by atoms with E-state index in [-0.39, 0.29) is 6.04 Å². The van der Waals surface area contributed by atoms with E-state index in [0.29, 0.717) is 12.1 Å². The monoisotopic (exact) mass is 194 g/mol. The number of nitrogens with zero attached hydrogens (tertiary/aromatic N) is 1. The summed E-state index contributed by atoms with van der Waals surface area (Å²) in [5.41, 5.74) is 0. The van der Waals surface area contributed by atoms with Crippen molar-refractivity contribution in [2.75, 3.05) is 13.1 Å². The number of hydrogen-bond donors (Lipinski definition) is 1. The van der Waals surface area contributed by atoms with Gasteiger partial charge in [-0.05, 0) is 33.2 Å². The number of nitrogens with one attached hydrogen (secondary N) is 1. The average molecular weight is 194 g/mol. The lowest BCUT2D eigenvalue weighted by molar-refractivity contribution is 0.119. The summed E-state index contributed by atoms with van der Waals surface area (Å²) < 4.78 is 0. The molecule has 0 aliphatic carbocycles. The van der Waals surface area contributed by atoms with Gasteiger partial charge in [-0.25, -0.2) is 0 Å². The fourth-order valence-corrected chi connectivity index (χ4v) is 2.34. The van der Waals surface area contributed by atoms with Crippen LogP contribution in [0.5, 0.6) is 0 Å². The first-order chi connectivity index (χ1) is 6.69. The van der Waals surface area contributed by atoms with Crippen molar-refractivity contribution < 1.29 is 0 Å². The highest BCUT2D eigenvalue weighted by Gasteiger charge is 2.26. The molecule has 14 heavy (non-hydrogen) atoms. The number of likely N-dealkylation sites (tertiary alicyclic amines) is 1. The van der Waals surface area contributed by atoms with E-state index in [2.05, 4.69) is 36.9 Å². The van der Waals surface area contributed by atoms with E-state index >= 15 is 0 Å². The highest BCUT2D eigenvalue weighted by atomic mass is 15.2. The Bertz CT molecular complexity index is 207. The molecule has 0 spiro atoms. The first-order valence-corrected chi connectivity index (χ1v) is 5.64. The first-order valence-electron chi connectivity index (χ1n) is 5.64. The maximum Gasteiger partial charge on any atom is 0.0685 e. The predicted octanol–water partition coefficient (Wildman–Crippen LogP) is 1.47. The normalized spacial score (nSPS) is 31.0. The largest absolute Gasteiger partial charge is 0.314 e. The van der Waals surface area contributed by atoms with E-state index in [9.17, 15) is 0 Å². The van der Waals surface area contributed by atoms with Gasteiger partial charge >= 0.3 is 0 Å². The zero-order valence-electron chi connectivity index (χ0n) is 9.59. The molecular weight excluding hydrogens is 172 g/mol. The summed E-state index contributed by atoms with van der Waals surface area (Å²) in [6, 6.07) is 1.59. The molecule has 1 aliphatic heterocycles. The molecule has 2 heteroatoms. The van der Waals surface area contributed by atoms with E-state index in [0.717, 1.165) is 13.1 Å². The molecule has 3 atom stereocenters. The van der Waals surface area contributed by atoms with Gasteiger partial charge in [0.25, 0.3) is 0 Å². The van der Waals surface area contributed by atoms with Gasteiger partial charge in [-0.15, -0.1) is 6.42 Å². The summed E-state index contributed by atoms with van der Waals surface area (Å²) in [6.45, 7) is 8.76. The summed E-state index contributed by atoms with van der Waals surface area (Å²) >= 11 is 0. The molecule has 80 valence electrons. The average Bonchev–Trinajstić information content (AvgIpc) is 2.17. The highest BCUT2D eigenvalue weighted by molar-refractivity contribution is 5.00. The maximum absolute atomic E-state index is 5.45. The molecule has 1 aliphatic rings. The van der Waals surface area contributed by atoms with Crippen LogP contribution < -0.4 is 5.32 Å². The third kappa shape index (κ3) is 2.73. The summed E-state index contributed by atoms with van der Waals surface area (Å²) in [7, 11) is 0. The minimum atomic E-state index is 0.285. The van der Waals surface area contributed by atoms with Crippen LogP contribution in [0, 0.1) is 12.3 Å². The third-order valence-corrected chi connectivity index (χ3v) is 3.16. The van der Waals surface area contributed by atoms with Crippen molar-refractivity contribution in [3.05, 3.63) is 0 Å². The lowest BCUT2D eigenvalue weighted by Gasteiger charge is -2.39. The van der Waals surface area contributed by atoms with Gasteiger partial charge in [-0.3, -0.25) is 4.90 Å². The van der Waals surface area contributed by atoms with Crippen molar-refractivity contribution >= 4 is 0 Å². The smallest absolute Gasteiger partial charge is 0.0685 e. The Morgan fingerprint density at radius 1 is 1.64 bits per heavy atom. The lowest BCUT2D eigenvalue weighted by atomic mass is 9.97. The molecule has 3 unspecified atom stereocenters. The van der Waals surface area contributed by atoms with Gasteiger partial charge in [-0.1, -0.05) is 12.8 Å². The maximum atomic E-state index is 5.45. The molecule has 0 aromatic rings. The molecule has 1 heterocycles. The highest BCUT2D eigenvalue weighted by Crippen LogP contribution is 2.19. The molecule has 0 bridgehead atoms. The van der Waals surface area contributed by atoms with Gasteiger partial charge in [-0.2, -0.15) is 0 Å². The third-order valence-electron chi connectivity index (χ3n) is 3.16. The van der Waals surface area contributed by atoms with Gasteiger partial charge in [0.15, 0.2) is 0 Å². The van der Waals surface area contributed by atoms with Crippen LogP contribution in [0.3, 0.4) is 0 Å². The Labute approximate surface area is 88.1 Å². The Kier molecular flexibility index (Phi) is 4.44. The summed E-state index contributed by atoms with van der Waals surface area (Å²) in [6.07, 6.45) is 7.90. The number of terminal acetylenes is 1. The molecule has 0 aromatic carbocycles. The van der Waals surface area contributed by atoms with Crippen molar-refractivity contribution in [2.45, 2.75) is 51.7 Å². The van der Waals surface area contributed by atoms with E-state index < -0.39 is 0 Å². The van der Waals surface area contributed by atoms with Crippen molar-refractivity contribution in [1.82, 2.24) is 10.2 Å². The fraction of sp³-hybridized carbons (Fsp3) is 0.833. The van der Waals surface area contributed by atoms with Gasteiger partial charge < -0.3 is 5.32 Å². The van der Waals surface area contributed by atoms with Crippen LogP contribution in [0.4, 0.5) is 0 Å². The molecule has 2 nitrogen and oxygen atoms in total. The molecule has 1 rings (SSSR count). The van der Waals surface area contributed by atoms with Crippen molar-refractivity contribution in [3.63, 3.8) is 0 Å². The Hall–Kier alpha value is -0.520. The van der Waals surface area contributed by atoms with Crippen LogP contribution in [-0.4, -0.2) is 36.1 Å². The second-order valence-corrected chi connectivity index (χ2v) is 4.21. The van der Waals surface area contributed by atoms with E-state index in [1.54, 1.807) is 0 Å². The van der Waals surface area contributed by atoms with E-state index in [4.69, 9.17) is 6.42 Å². The first kappa shape index (κ1) is 11.6. The summed E-state index contributed by atoms with van der Waals surface area (Å²) in [5.74, 6) is 2.82. The van der Waals surface area contributed by atoms with Gasteiger partial charge in [0, 0.05) is 18.6 Å². The van der Waals surface area contributed by atoms with Crippen molar-refractivity contribution in [3.8, 4) is 12.3 Å². The molecule has 0 saturated carbocycles. The van der Waals surface area contributed by atoms with Crippen molar-refractivity contribution in [1.29, 1.82) is 0 Å². The minimum Gasteiger partial charge on any atom is -0.314 e. The Morgan fingerprint density at radius 2 is 2.36 bits per heavy atom. The van der Waals surface area contributed by atoms with E-state index in [1.807, 2.05) is 0 Å². The molecule has 1 N–H and O–H groups in total. The van der Waals surface area contributed by atoms with Crippen LogP contribution in [0.25, 0.3) is 0 Å². The fourth-order valence-electron chi connectivity index (χ4n) is 2.34. The standard InChI is InChI=1S/C12H22N2/c1-5-10(3)14-8-7-12(13-6-2)9-11(14)4/h1,10-13H,6-9H2,2-4H3. The molecule has 0 radical (unpaired) electrons. The van der Waals surface area contributed by atoms with Crippen LogP contribution in [-0.2, 0) is 0 Å². The molecule has 1 fully saturated rings. The van der Waals surface area contributed by atoms with Gasteiger partial charge in [0.05, 0.1) is 6.04 Å². The Balaban J connectivity index is 2.44. The van der Waals surface area contributed by atoms with Crippen LogP contribution >= 0.6 is 0 Å². The van der Waals surface area contributed by atoms with Gasteiger partial charge in [0.1, 0.15) is 0 Å². The molecule has 0 amide bonds.